The molecule has 2 aliphatic rings. The third-order valence-corrected chi connectivity index (χ3v) is 28.1. The van der Waals surface area contributed by atoms with Crippen molar-refractivity contribution in [1.82, 2.24) is 0 Å². The van der Waals surface area contributed by atoms with Crippen LogP contribution in [0.1, 0.15) is 87.7 Å². The van der Waals surface area contributed by atoms with Crippen molar-refractivity contribution in [3.8, 4) is 11.1 Å². The number of hydrogen-bond acceptors (Lipinski definition) is 0. The van der Waals surface area contributed by atoms with Gasteiger partial charge < -0.3 is 0 Å². The number of benzene rings is 4. The summed E-state index contributed by atoms with van der Waals surface area (Å²) in [6.45, 7) is 19.3. The first kappa shape index (κ1) is 27.9. The van der Waals surface area contributed by atoms with Crippen LogP contribution >= 0.6 is 0 Å². The molecule has 0 bridgehead atoms. The third-order valence-electron chi connectivity index (χ3n) is 8.98. The van der Waals surface area contributed by atoms with Crippen LogP contribution in [-0.2, 0) is 31.2 Å². The Hall–Kier alpha value is -2.28. The standard InChI is InChI=1S/C21H25.C15H11.C2H6Si.Zr/c1-20(2,3)16-9-7-14-11-15-8-10-17(21(4,5)6)13-19(15)18(14)12-16;1-2-6-12(7-3-1)15-11-10-13-8-4-5-9-14(13)15;1-3-2;/h7-13H,1-6H3;1-11H;1-2H3;. The zero-order valence-electron chi connectivity index (χ0n) is 25.4. The van der Waals surface area contributed by atoms with E-state index >= 15 is 0 Å². The molecule has 0 saturated carbocycles. The fraction of sp³-hybridized carbons (Fsp3) is 0.316. The summed E-state index contributed by atoms with van der Waals surface area (Å²) >= 11 is -2.18. The summed E-state index contributed by atoms with van der Waals surface area (Å²) in [5, 5.41) is 0. The van der Waals surface area contributed by atoms with Crippen molar-refractivity contribution >= 4 is 11.0 Å². The van der Waals surface area contributed by atoms with Crippen LogP contribution in [0.4, 0.5) is 0 Å². The molecule has 4 aromatic carbocycles. The second-order valence-electron chi connectivity index (χ2n) is 14.0. The van der Waals surface area contributed by atoms with Gasteiger partial charge in [0, 0.05) is 0 Å². The SMILES string of the molecule is C[Si](C)=[Zr]([CH]1C=C(c2ccccc2)c2ccccc21)[CH]1c2ccc(C(C)(C)C)cc2-c2cc(C(C)(C)C)ccc21. The van der Waals surface area contributed by atoms with Crippen LogP contribution in [0.5, 0.6) is 0 Å². The molecule has 0 aromatic heterocycles. The molecule has 6 rings (SSSR count). The zero-order valence-corrected chi connectivity index (χ0v) is 28.9. The van der Waals surface area contributed by atoms with Gasteiger partial charge in [-0.1, -0.05) is 0 Å². The third kappa shape index (κ3) is 4.80. The molecule has 4 aromatic rings. The van der Waals surface area contributed by atoms with Crippen LogP contribution in [0.2, 0.25) is 13.1 Å². The van der Waals surface area contributed by atoms with Crippen LogP contribution in [0.25, 0.3) is 16.7 Å². The van der Waals surface area contributed by atoms with Gasteiger partial charge >= 0.3 is 251 Å². The Balaban J connectivity index is 1.58. The molecule has 0 nitrogen and oxygen atoms in total. The molecule has 0 N–H and O–H groups in total. The first-order valence-electron chi connectivity index (χ1n) is 14.8. The molecule has 2 heteroatoms. The second-order valence-corrected chi connectivity index (χ2v) is 32.0. The Morgan fingerprint density at radius 2 is 1.10 bits per heavy atom. The van der Waals surface area contributed by atoms with Crippen LogP contribution < -0.4 is 0 Å². The van der Waals surface area contributed by atoms with Gasteiger partial charge in [-0.2, -0.15) is 0 Å². The maximum absolute atomic E-state index is 2.71. The quantitative estimate of drug-likeness (QED) is 0.201. The summed E-state index contributed by atoms with van der Waals surface area (Å²) in [5.74, 6) is 0. The van der Waals surface area contributed by atoms with Gasteiger partial charge in [0.1, 0.15) is 0 Å². The predicted molar refractivity (Wildman–Crippen MR) is 171 cm³/mol. The Bertz CT molecular complexity index is 1610. The maximum atomic E-state index is 2.71. The second kappa shape index (κ2) is 10.2. The first-order valence-corrected chi connectivity index (χ1v) is 23.8. The van der Waals surface area contributed by atoms with Gasteiger partial charge in [0.05, 0.1) is 0 Å². The molecule has 0 radical (unpaired) electrons. The summed E-state index contributed by atoms with van der Waals surface area (Å²) in [6.07, 6.45) is 2.71. The number of fused-ring (bicyclic) bond motifs is 4. The monoisotopic (exact) mass is 616 g/mol. The fourth-order valence-electron chi connectivity index (χ4n) is 6.78. The van der Waals surface area contributed by atoms with E-state index in [4.69, 9.17) is 0 Å². The van der Waals surface area contributed by atoms with Crippen LogP contribution in [0, 0.1) is 0 Å². The Labute approximate surface area is 249 Å². The Morgan fingerprint density at radius 3 is 1.62 bits per heavy atom. The molecule has 202 valence electrons. The summed E-state index contributed by atoms with van der Waals surface area (Å²) in [4.78, 5) is 0. The van der Waals surface area contributed by atoms with Crippen molar-refractivity contribution in [3.05, 3.63) is 136 Å². The summed E-state index contributed by atoms with van der Waals surface area (Å²) in [6, 6.07) is 35.4. The molecule has 1 unspecified atom stereocenters. The van der Waals surface area contributed by atoms with Crippen LogP contribution in [-0.4, -0.2) is 5.43 Å². The van der Waals surface area contributed by atoms with Crippen LogP contribution in [0.15, 0.2) is 97.1 Å². The number of rotatable bonds is 3. The van der Waals surface area contributed by atoms with Crippen molar-refractivity contribution in [1.29, 1.82) is 0 Å². The predicted octanol–water partition coefficient (Wildman–Crippen LogP) is 10.4. The van der Waals surface area contributed by atoms with E-state index in [0.29, 0.717) is 7.25 Å². The van der Waals surface area contributed by atoms with Crippen molar-refractivity contribution in [2.45, 2.75) is 72.7 Å². The Morgan fingerprint density at radius 1 is 0.575 bits per heavy atom. The molecule has 0 spiro atoms. The van der Waals surface area contributed by atoms with E-state index in [-0.39, 0.29) is 10.8 Å². The molecular weight excluding hydrogens is 576 g/mol. The van der Waals surface area contributed by atoms with E-state index in [2.05, 4.69) is 152 Å². The molecule has 2 aliphatic carbocycles. The van der Waals surface area contributed by atoms with Crippen LogP contribution in [0.3, 0.4) is 0 Å². The van der Waals surface area contributed by atoms with Crippen molar-refractivity contribution in [2.24, 2.45) is 0 Å². The van der Waals surface area contributed by atoms with E-state index in [1.807, 2.05) is 0 Å². The topological polar surface area (TPSA) is 0 Å². The molecule has 0 fully saturated rings. The molecule has 0 saturated heterocycles. The fourth-order valence-corrected chi connectivity index (χ4v) is 26.1. The molecule has 0 amide bonds. The molecular formula is C38H42SiZr. The minimum absolute atomic E-state index is 0.138. The summed E-state index contributed by atoms with van der Waals surface area (Å²) in [5.41, 5.74) is 14.8. The zero-order chi connectivity index (χ0) is 28.4. The molecule has 0 heterocycles. The average molecular weight is 618 g/mol. The molecule has 0 aliphatic heterocycles. The number of hydrogen-bond donors (Lipinski definition) is 0. The van der Waals surface area contributed by atoms with Crippen molar-refractivity contribution < 1.29 is 20.4 Å². The minimum atomic E-state index is -2.18. The average Bonchev–Trinajstić information content (AvgIpc) is 3.44. The van der Waals surface area contributed by atoms with Gasteiger partial charge in [-0.25, -0.2) is 0 Å². The first-order chi connectivity index (χ1) is 18.9. The van der Waals surface area contributed by atoms with E-state index in [0.717, 1.165) is 0 Å². The van der Waals surface area contributed by atoms with Crippen molar-refractivity contribution in [3.63, 3.8) is 0 Å². The van der Waals surface area contributed by atoms with Crippen molar-refractivity contribution in [2.75, 3.05) is 0 Å². The normalized spacial score (nSPS) is 16.3. The van der Waals surface area contributed by atoms with Gasteiger partial charge in [0.25, 0.3) is 0 Å². The van der Waals surface area contributed by atoms with E-state index in [9.17, 15) is 0 Å². The summed E-state index contributed by atoms with van der Waals surface area (Å²) in [7, 11) is 0. The van der Waals surface area contributed by atoms with Gasteiger partial charge in [-0.05, 0) is 0 Å². The van der Waals surface area contributed by atoms with Gasteiger partial charge in [0.15, 0.2) is 0 Å². The summed E-state index contributed by atoms with van der Waals surface area (Å²) < 4.78 is 1.20. The van der Waals surface area contributed by atoms with E-state index < -0.39 is 25.8 Å². The van der Waals surface area contributed by atoms with Gasteiger partial charge in [-0.15, -0.1) is 0 Å². The molecule has 1 atom stereocenters. The van der Waals surface area contributed by atoms with E-state index in [1.165, 1.54) is 39.0 Å². The number of allylic oxidation sites excluding steroid dienone is 1. The van der Waals surface area contributed by atoms with E-state index in [1.54, 1.807) is 16.7 Å². The Kier molecular flexibility index (Phi) is 7.12. The van der Waals surface area contributed by atoms with Gasteiger partial charge in [0.2, 0.25) is 0 Å². The van der Waals surface area contributed by atoms with Gasteiger partial charge in [-0.3, -0.25) is 0 Å². The molecule has 40 heavy (non-hydrogen) atoms.